The average molecular weight is 139 g/mol. The molecule has 0 aliphatic heterocycles. The van der Waals surface area contributed by atoms with Crippen molar-refractivity contribution in [2.24, 2.45) is 0 Å². The monoisotopic (exact) mass is 139 g/mol. The van der Waals surface area contributed by atoms with Gasteiger partial charge in [0.2, 0.25) is 0 Å². The summed E-state index contributed by atoms with van der Waals surface area (Å²) in [5, 5.41) is 0. The fourth-order valence-corrected chi connectivity index (χ4v) is 0.710. The summed E-state index contributed by atoms with van der Waals surface area (Å²) in [4.78, 5) is 0. The van der Waals surface area contributed by atoms with E-state index in [0.717, 1.165) is 6.42 Å². The number of benzene rings is 1. The van der Waals surface area contributed by atoms with Crippen LogP contribution in [0.25, 0.3) is 0 Å². The summed E-state index contributed by atoms with van der Waals surface area (Å²) in [5.41, 5.74) is 0.420. The summed E-state index contributed by atoms with van der Waals surface area (Å²) >= 11 is 0. The molecule has 1 unspecified atom stereocenters. The van der Waals surface area contributed by atoms with Crippen molar-refractivity contribution in [3.8, 4) is 0 Å². The Kier molecular flexibility index (Phi) is 1.05. The maximum Gasteiger partial charge on any atom is 0.0626 e. The molecule has 0 nitrogen and oxygen atoms in total. The van der Waals surface area contributed by atoms with Crippen LogP contribution in [0.2, 0.25) is 0 Å². The van der Waals surface area contributed by atoms with Gasteiger partial charge in [-0.25, -0.2) is 0 Å². The van der Waals surface area contributed by atoms with Crippen molar-refractivity contribution >= 4 is 0 Å². The van der Waals surface area contributed by atoms with E-state index in [1.165, 1.54) is 0 Å². The maximum atomic E-state index is 7.70. The van der Waals surface area contributed by atoms with E-state index in [0.29, 0.717) is 5.56 Å². The highest BCUT2D eigenvalue weighted by molar-refractivity contribution is 5.18. The fraction of sp³-hybridized carbons (Fsp3) is 0.400. The summed E-state index contributed by atoms with van der Waals surface area (Å²) in [7, 11) is 0. The lowest BCUT2D eigenvalue weighted by atomic mass is 9.99. The SMILES string of the molecule is [2H]c1c([2H])c([2H])c(C(C)CC)c([2H])c1[2H]. The Morgan fingerprint density at radius 1 is 1.40 bits per heavy atom. The Balaban J connectivity index is 3.52. The van der Waals surface area contributed by atoms with Gasteiger partial charge in [0.25, 0.3) is 0 Å². The van der Waals surface area contributed by atoms with E-state index < -0.39 is 0 Å². The molecule has 0 bridgehead atoms. The largest absolute Gasteiger partial charge is 0.0648 e. The smallest absolute Gasteiger partial charge is 0.0626 e. The normalized spacial score (nSPS) is 20.0. The molecule has 0 saturated heterocycles. The molecule has 1 rings (SSSR count). The third kappa shape index (κ3) is 1.60. The topological polar surface area (TPSA) is 0 Å². The van der Waals surface area contributed by atoms with Crippen molar-refractivity contribution in [3.63, 3.8) is 0 Å². The standard InChI is InChI=1S/C10H14/c1-3-9(2)10-7-5-4-6-8-10/h4-9H,3H2,1-2H3/i4D,5D,6D,7D,8D. The van der Waals surface area contributed by atoms with Gasteiger partial charge < -0.3 is 0 Å². The second kappa shape index (κ2) is 3.40. The van der Waals surface area contributed by atoms with E-state index in [9.17, 15) is 0 Å². The molecule has 1 atom stereocenters. The van der Waals surface area contributed by atoms with E-state index in [-0.39, 0.29) is 36.1 Å². The van der Waals surface area contributed by atoms with Gasteiger partial charge in [0, 0.05) is 0 Å². The number of hydrogen-bond acceptors (Lipinski definition) is 0. The quantitative estimate of drug-likeness (QED) is 0.590. The molecule has 1 aromatic rings. The highest BCUT2D eigenvalue weighted by atomic mass is 14.0. The summed E-state index contributed by atoms with van der Waals surface area (Å²) in [6, 6.07) is -0.958. The minimum absolute atomic E-state index is 0.0150. The van der Waals surface area contributed by atoms with Crippen LogP contribution < -0.4 is 0 Å². The van der Waals surface area contributed by atoms with Gasteiger partial charge in [0.15, 0.2) is 0 Å². The van der Waals surface area contributed by atoms with Crippen molar-refractivity contribution in [2.45, 2.75) is 26.2 Å². The molecule has 0 aromatic heterocycles. The van der Waals surface area contributed by atoms with Crippen molar-refractivity contribution in [3.05, 3.63) is 35.8 Å². The zero-order valence-corrected chi connectivity index (χ0v) is 6.28. The van der Waals surface area contributed by atoms with Crippen molar-refractivity contribution in [2.75, 3.05) is 0 Å². The second-order valence-electron chi connectivity index (χ2n) is 2.35. The average Bonchev–Trinajstić information content (AvgIpc) is 2.23. The van der Waals surface area contributed by atoms with Crippen LogP contribution in [0.15, 0.2) is 30.2 Å². The van der Waals surface area contributed by atoms with Crippen LogP contribution in [0.5, 0.6) is 0 Å². The van der Waals surface area contributed by atoms with E-state index in [4.69, 9.17) is 6.85 Å². The van der Waals surface area contributed by atoms with Crippen LogP contribution in [0.1, 0.15) is 38.6 Å². The third-order valence-electron chi connectivity index (χ3n) is 1.62. The van der Waals surface area contributed by atoms with Gasteiger partial charge in [-0.15, -0.1) is 0 Å². The number of rotatable bonds is 2. The maximum absolute atomic E-state index is 7.70. The molecule has 0 amide bonds. The van der Waals surface area contributed by atoms with Crippen LogP contribution in [-0.2, 0) is 0 Å². The molecule has 10 heavy (non-hydrogen) atoms. The van der Waals surface area contributed by atoms with E-state index in [2.05, 4.69) is 0 Å². The van der Waals surface area contributed by atoms with Gasteiger partial charge in [-0.3, -0.25) is 0 Å². The minimum atomic E-state index is -0.322. The Morgan fingerprint density at radius 2 is 2.00 bits per heavy atom. The van der Waals surface area contributed by atoms with Crippen LogP contribution >= 0.6 is 0 Å². The zero-order valence-electron chi connectivity index (χ0n) is 11.3. The molecule has 0 saturated carbocycles. The lowest BCUT2D eigenvalue weighted by Crippen LogP contribution is -1.88. The summed E-state index contributed by atoms with van der Waals surface area (Å²) in [6.45, 7) is 3.80. The fourth-order valence-electron chi connectivity index (χ4n) is 0.710. The Bertz CT molecular complexity index is 357. The van der Waals surface area contributed by atoms with Crippen LogP contribution in [0, 0.1) is 0 Å². The Labute approximate surface area is 69.9 Å². The minimum Gasteiger partial charge on any atom is -0.0648 e. The molecule has 54 valence electrons. The number of hydrogen-bond donors (Lipinski definition) is 0. The van der Waals surface area contributed by atoms with Crippen molar-refractivity contribution in [1.82, 2.24) is 0 Å². The van der Waals surface area contributed by atoms with Gasteiger partial charge >= 0.3 is 0 Å². The van der Waals surface area contributed by atoms with Crippen molar-refractivity contribution < 1.29 is 6.85 Å². The highest BCUT2D eigenvalue weighted by Crippen LogP contribution is 2.16. The van der Waals surface area contributed by atoms with Gasteiger partial charge in [-0.1, -0.05) is 44.1 Å². The first-order chi connectivity index (χ1) is 6.91. The van der Waals surface area contributed by atoms with Crippen LogP contribution in [0.3, 0.4) is 0 Å². The van der Waals surface area contributed by atoms with Gasteiger partial charge in [0.1, 0.15) is 0 Å². The second-order valence-corrected chi connectivity index (χ2v) is 2.35. The van der Waals surface area contributed by atoms with Gasteiger partial charge in [-0.2, -0.15) is 0 Å². The molecule has 0 radical (unpaired) electrons. The molecular weight excluding hydrogens is 120 g/mol. The molecule has 0 heteroatoms. The summed E-state index contributed by atoms with van der Waals surface area (Å²) in [5.74, 6) is -0.0150. The Morgan fingerprint density at radius 3 is 2.50 bits per heavy atom. The molecule has 0 aliphatic rings. The van der Waals surface area contributed by atoms with Crippen molar-refractivity contribution in [1.29, 1.82) is 0 Å². The van der Waals surface area contributed by atoms with Gasteiger partial charge in [0.05, 0.1) is 6.85 Å². The predicted molar refractivity (Wildman–Crippen MR) is 45.1 cm³/mol. The first kappa shape index (κ1) is 3.08. The first-order valence-corrected chi connectivity index (χ1v) is 3.48. The van der Waals surface area contributed by atoms with Gasteiger partial charge in [-0.05, 0) is 17.9 Å². The van der Waals surface area contributed by atoms with E-state index in [1.807, 2.05) is 13.8 Å². The molecule has 0 spiro atoms. The zero-order chi connectivity index (χ0) is 11.7. The van der Waals surface area contributed by atoms with E-state index in [1.54, 1.807) is 0 Å². The lowest BCUT2D eigenvalue weighted by molar-refractivity contribution is 0.733. The van der Waals surface area contributed by atoms with Crippen LogP contribution in [-0.4, -0.2) is 0 Å². The van der Waals surface area contributed by atoms with Crippen LogP contribution in [0.4, 0.5) is 0 Å². The third-order valence-corrected chi connectivity index (χ3v) is 1.62. The Hall–Kier alpha value is -0.780. The molecule has 0 N–H and O–H groups in total. The first-order valence-electron chi connectivity index (χ1n) is 5.98. The molecule has 1 aromatic carbocycles. The summed E-state index contributed by atoms with van der Waals surface area (Å²) in [6.07, 6.45) is 0.758. The highest BCUT2D eigenvalue weighted by Gasteiger charge is 1.98. The van der Waals surface area contributed by atoms with E-state index >= 15 is 0 Å². The molecule has 0 heterocycles. The lowest BCUT2D eigenvalue weighted by Gasteiger charge is -2.06. The summed E-state index contributed by atoms with van der Waals surface area (Å²) < 4.78 is 37.8. The molecule has 0 aliphatic carbocycles. The molecule has 0 fully saturated rings. The molecular formula is C10H14. The predicted octanol–water partition coefficient (Wildman–Crippen LogP) is 3.20.